The van der Waals surface area contributed by atoms with Crippen molar-refractivity contribution in [3.05, 3.63) is 92.7 Å². The van der Waals surface area contributed by atoms with Crippen molar-refractivity contribution in [3.8, 4) is 5.69 Å². The van der Waals surface area contributed by atoms with Gasteiger partial charge in [-0.05, 0) is 43.3 Å². The Bertz CT molecular complexity index is 1490. The molecule has 0 unspecified atom stereocenters. The summed E-state index contributed by atoms with van der Waals surface area (Å²) in [5, 5.41) is 2.27. The van der Waals surface area contributed by atoms with Crippen molar-refractivity contribution < 1.29 is 18.0 Å². The molecule has 1 amide bonds. The summed E-state index contributed by atoms with van der Waals surface area (Å²) in [6, 6.07) is 15.8. The zero-order valence-electron chi connectivity index (χ0n) is 17.9. The Balaban J connectivity index is 1.80. The van der Waals surface area contributed by atoms with E-state index in [0.717, 1.165) is 22.4 Å². The topological polar surface area (TPSA) is 64.0 Å². The van der Waals surface area contributed by atoms with Gasteiger partial charge in [-0.3, -0.25) is 14.2 Å². The number of carbonyl (C=O) groups excluding carboxylic acids is 1. The van der Waals surface area contributed by atoms with Gasteiger partial charge in [0, 0.05) is 0 Å². The van der Waals surface area contributed by atoms with Gasteiger partial charge in [0.25, 0.3) is 5.56 Å². The highest BCUT2D eigenvalue weighted by molar-refractivity contribution is 8.00. The van der Waals surface area contributed by atoms with E-state index >= 15 is 0 Å². The third kappa shape index (κ3) is 5.17. The number of fused-ring (bicyclic) bond motifs is 1. The molecule has 4 aromatic rings. The van der Waals surface area contributed by atoms with E-state index in [1.54, 1.807) is 43.3 Å². The Morgan fingerprint density at radius 2 is 1.71 bits per heavy atom. The van der Waals surface area contributed by atoms with Crippen LogP contribution < -0.4 is 10.9 Å². The fourth-order valence-corrected chi connectivity index (χ4v) is 4.63. The smallest absolute Gasteiger partial charge is 0.324 e. The van der Waals surface area contributed by atoms with Crippen LogP contribution in [-0.2, 0) is 11.0 Å². The number of anilines is 1. The molecule has 0 bridgehead atoms. The number of hydrogen-bond donors (Lipinski definition) is 1. The number of hydrogen-bond acceptors (Lipinski definition) is 4. The molecule has 1 N–H and O–H groups in total. The molecule has 35 heavy (non-hydrogen) atoms. The molecular weight excluding hydrogens is 522 g/mol. The van der Waals surface area contributed by atoms with E-state index < -0.39 is 28.5 Å². The maximum Gasteiger partial charge on any atom is 0.418 e. The number of nitrogens with one attached hydrogen (secondary N) is 1. The predicted molar refractivity (Wildman–Crippen MR) is 133 cm³/mol. The Hall–Kier alpha value is -3.01. The molecule has 4 rings (SSSR count). The fourth-order valence-electron chi connectivity index (χ4n) is 3.36. The number of rotatable bonds is 5. The SMILES string of the molecule is C[C@H](Sc1nc2ccccc2c(=O)n1-c1ccccc1C(F)(F)F)C(=O)Nc1cccc(Cl)c1Cl. The number of aromatic nitrogens is 2. The number of thioether (sulfide) groups is 1. The van der Waals surface area contributed by atoms with Gasteiger partial charge in [0.15, 0.2) is 5.16 Å². The normalized spacial score (nSPS) is 12.5. The summed E-state index contributed by atoms with van der Waals surface area (Å²) in [6.45, 7) is 1.54. The molecule has 5 nitrogen and oxygen atoms in total. The van der Waals surface area contributed by atoms with E-state index in [1.165, 1.54) is 24.3 Å². The van der Waals surface area contributed by atoms with Crippen LogP contribution in [0.25, 0.3) is 16.6 Å². The summed E-state index contributed by atoms with van der Waals surface area (Å²) in [5.74, 6) is -0.503. The summed E-state index contributed by atoms with van der Waals surface area (Å²) in [7, 11) is 0. The summed E-state index contributed by atoms with van der Waals surface area (Å²) in [5.41, 5.74) is -1.48. The zero-order chi connectivity index (χ0) is 25.3. The van der Waals surface area contributed by atoms with Crippen LogP contribution in [0.2, 0.25) is 10.0 Å². The minimum absolute atomic E-state index is 0.0646. The second kappa shape index (κ2) is 9.93. The zero-order valence-corrected chi connectivity index (χ0v) is 20.3. The lowest BCUT2D eigenvalue weighted by Crippen LogP contribution is -2.27. The largest absolute Gasteiger partial charge is 0.418 e. The van der Waals surface area contributed by atoms with Crippen LogP contribution in [0.3, 0.4) is 0 Å². The summed E-state index contributed by atoms with van der Waals surface area (Å²) in [4.78, 5) is 30.7. The minimum atomic E-state index is -4.71. The first kappa shape index (κ1) is 25.1. The Kier molecular flexibility index (Phi) is 7.12. The third-order valence-corrected chi connectivity index (χ3v) is 6.93. The van der Waals surface area contributed by atoms with Gasteiger partial charge in [0.05, 0.1) is 43.1 Å². The molecule has 1 heterocycles. The van der Waals surface area contributed by atoms with Gasteiger partial charge in [-0.15, -0.1) is 0 Å². The molecular formula is C24H16Cl2F3N3O2S. The summed E-state index contributed by atoms with van der Waals surface area (Å²) < 4.78 is 42.2. The van der Waals surface area contributed by atoms with Crippen molar-refractivity contribution >= 4 is 57.5 Å². The van der Waals surface area contributed by atoms with E-state index in [-0.39, 0.29) is 32.0 Å². The van der Waals surface area contributed by atoms with Crippen LogP contribution in [0.1, 0.15) is 12.5 Å². The molecule has 3 aromatic carbocycles. The first-order valence-corrected chi connectivity index (χ1v) is 11.8. The molecule has 0 spiro atoms. The Labute approximate surface area is 211 Å². The van der Waals surface area contributed by atoms with Crippen LogP contribution in [0, 0.1) is 0 Å². The molecule has 1 aromatic heterocycles. The first-order valence-electron chi connectivity index (χ1n) is 10.2. The molecule has 0 fully saturated rings. The fraction of sp³-hybridized carbons (Fsp3) is 0.125. The van der Waals surface area contributed by atoms with Gasteiger partial charge in [-0.2, -0.15) is 13.2 Å². The van der Waals surface area contributed by atoms with E-state index in [1.807, 2.05) is 0 Å². The number of amides is 1. The van der Waals surface area contributed by atoms with Crippen LogP contribution >= 0.6 is 35.0 Å². The first-order chi connectivity index (χ1) is 16.6. The highest BCUT2D eigenvalue weighted by Crippen LogP contribution is 2.36. The van der Waals surface area contributed by atoms with Crippen molar-refractivity contribution in [1.82, 2.24) is 9.55 Å². The van der Waals surface area contributed by atoms with Crippen molar-refractivity contribution in [2.45, 2.75) is 23.5 Å². The Morgan fingerprint density at radius 3 is 2.46 bits per heavy atom. The number of para-hydroxylation sites is 2. The predicted octanol–water partition coefficient (Wildman–Crippen LogP) is 6.83. The third-order valence-electron chi connectivity index (χ3n) is 5.06. The monoisotopic (exact) mass is 537 g/mol. The average Bonchev–Trinajstić information content (AvgIpc) is 2.81. The molecule has 11 heteroatoms. The van der Waals surface area contributed by atoms with Crippen molar-refractivity contribution in [2.75, 3.05) is 5.32 Å². The maximum atomic E-state index is 13.8. The molecule has 0 aliphatic carbocycles. The number of benzene rings is 3. The second-order valence-electron chi connectivity index (χ2n) is 7.42. The van der Waals surface area contributed by atoms with Crippen molar-refractivity contribution in [1.29, 1.82) is 0 Å². The van der Waals surface area contributed by atoms with Crippen LogP contribution in [0.4, 0.5) is 18.9 Å². The van der Waals surface area contributed by atoms with Gasteiger partial charge in [0.1, 0.15) is 0 Å². The molecule has 0 aliphatic heterocycles. The maximum absolute atomic E-state index is 13.8. The highest BCUT2D eigenvalue weighted by Gasteiger charge is 2.35. The van der Waals surface area contributed by atoms with Crippen LogP contribution in [0.5, 0.6) is 0 Å². The summed E-state index contributed by atoms with van der Waals surface area (Å²) in [6.07, 6.45) is -4.71. The second-order valence-corrected chi connectivity index (χ2v) is 9.51. The number of nitrogens with zero attached hydrogens (tertiary/aromatic N) is 2. The molecule has 0 saturated carbocycles. The molecule has 1 atom stereocenters. The van der Waals surface area contributed by atoms with Gasteiger partial charge in [0.2, 0.25) is 5.91 Å². The van der Waals surface area contributed by atoms with E-state index in [0.29, 0.717) is 5.52 Å². The lowest BCUT2D eigenvalue weighted by molar-refractivity contribution is -0.137. The van der Waals surface area contributed by atoms with Gasteiger partial charge >= 0.3 is 6.18 Å². The van der Waals surface area contributed by atoms with Crippen LogP contribution in [0.15, 0.2) is 76.7 Å². The molecule has 0 radical (unpaired) electrons. The highest BCUT2D eigenvalue weighted by atomic mass is 35.5. The quantitative estimate of drug-likeness (QED) is 0.224. The minimum Gasteiger partial charge on any atom is -0.324 e. The summed E-state index contributed by atoms with van der Waals surface area (Å²) >= 11 is 13.0. The van der Waals surface area contributed by atoms with Crippen molar-refractivity contribution in [3.63, 3.8) is 0 Å². The number of alkyl halides is 3. The van der Waals surface area contributed by atoms with E-state index in [4.69, 9.17) is 23.2 Å². The van der Waals surface area contributed by atoms with Gasteiger partial charge < -0.3 is 5.32 Å². The lowest BCUT2D eigenvalue weighted by Gasteiger charge is -2.19. The standard InChI is InChI=1S/C24H16Cl2F3N3O2S/c1-13(21(33)30-18-11-6-9-16(25)20(18)26)35-23-31-17-10-4-2-7-14(17)22(34)32(23)19-12-5-3-8-15(19)24(27,28)29/h2-13H,1H3,(H,30,33)/t13-/m0/s1. The van der Waals surface area contributed by atoms with Crippen molar-refractivity contribution in [2.24, 2.45) is 0 Å². The van der Waals surface area contributed by atoms with E-state index in [9.17, 15) is 22.8 Å². The Morgan fingerprint density at radius 1 is 1.03 bits per heavy atom. The lowest BCUT2D eigenvalue weighted by atomic mass is 10.1. The number of halogens is 5. The molecule has 0 saturated heterocycles. The molecule has 180 valence electrons. The number of carbonyl (C=O) groups is 1. The van der Waals surface area contributed by atoms with E-state index in [2.05, 4.69) is 10.3 Å². The van der Waals surface area contributed by atoms with Crippen LogP contribution in [-0.4, -0.2) is 20.7 Å². The average molecular weight is 538 g/mol. The van der Waals surface area contributed by atoms with Gasteiger partial charge in [-0.25, -0.2) is 4.98 Å². The molecule has 0 aliphatic rings. The van der Waals surface area contributed by atoms with Gasteiger partial charge in [-0.1, -0.05) is 65.3 Å².